The fraction of sp³-hybridized carbons (Fsp3) is 0.368. The van der Waals surface area contributed by atoms with E-state index in [9.17, 15) is 12.8 Å². The highest BCUT2D eigenvalue weighted by molar-refractivity contribution is 7.88. The first kappa shape index (κ1) is 17.1. The first-order valence-electron chi connectivity index (χ1n) is 8.30. The Hall–Kier alpha value is -1.72. The van der Waals surface area contributed by atoms with Gasteiger partial charge in [-0.05, 0) is 55.4 Å². The number of aryl methyl sites for hydroxylation is 2. The lowest BCUT2D eigenvalue weighted by Crippen LogP contribution is -2.28. The first-order valence-corrected chi connectivity index (χ1v) is 9.95. The summed E-state index contributed by atoms with van der Waals surface area (Å²) in [7, 11) is -3.62. The molecule has 1 atom stereocenters. The number of sulfonamides is 1. The van der Waals surface area contributed by atoms with Crippen LogP contribution in [0, 0.1) is 5.82 Å². The first-order chi connectivity index (χ1) is 11.4. The summed E-state index contributed by atoms with van der Waals surface area (Å²) in [6, 6.07) is 11.8. The van der Waals surface area contributed by atoms with E-state index in [0.29, 0.717) is 0 Å². The minimum Gasteiger partial charge on any atom is -0.212 e. The van der Waals surface area contributed by atoms with Gasteiger partial charge in [0.1, 0.15) is 5.82 Å². The molecule has 0 saturated heterocycles. The molecule has 0 bridgehead atoms. The molecule has 0 aliphatic heterocycles. The quantitative estimate of drug-likeness (QED) is 0.892. The van der Waals surface area contributed by atoms with Gasteiger partial charge in [-0.1, -0.05) is 36.4 Å². The standard InChI is InChI=1S/C19H22FNO2S/c1-14(16-11-10-15-6-2-3-7-17(15)12-16)21-24(22,23)13-18-8-4-5-9-19(18)20/h4-5,8-12,14,21H,2-3,6-7,13H2,1H3/t14-/m1/s1. The molecular weight excluding hydrogens is 325 g/mol. The summed E-state index contributed by atoms with van der Waals surface area (Å²) in [6.45, 7) is 1.82. The SMILES string of the molecule is C[C@@H](NS(=O)(=O)Cc1ccccc1F)c1ccc2c(c1)CCCC2. The molecule has 24 heavy (non-hydrogen) atoms. The Kier molecular flexibility index (Phi) is 5.01. The van der Waals surface area contributed by atoms with E-state index in [0.717, 1.165) is 18.4 Å². The normalized spacial score (nSPS) is 15.8. The molecule has 0 saturated carbocycles. The number of benzene rings is 2. The van der Waals surface area contributed by atoms with Crippen LogP contribution in [0.5, 0.6) is 0 Å². The van der Waals surface area contributed by atoms with Crippen LogP contribution in [-0.4, -0.2) is 8.42 Å². The van der Waals surface area contributed by atoms with Crippen molar-refractivity contribution >= 4 is 10.0 Å². The van der Waals surface area contributed by atoms with Crippen LogP contribution in [0.1, 0.15) is 48.1 Å². The van der Waals surface area contributed by atoms with Gasteiger partial charge < -0.3 is 0 Å². The van der Waals surface area contributed by atoms with Gasteiger partial charge in [0.2, 0.25) is 10.0 Å². The van der Waals surface area contributed by atoms with E-state index in [1.54, 1.807) is 12.1 Å². The number of rotatable bonds is 5. The van der Waals surface area contributed by atoms with E-state index in [4.69, 9.17) is 0 Å². The van der Waals surface area contributed by atoms with E-state index in [2.05, 4.69) is 16.9 Å². The van der Waals surface area contributed by atoms with Crippen molar-refractivity contribution in [3.63, 3.8) is 0 Å². The van der Waals surface area contributed by atoms with Crippen molar-refractivity contribution in [2.75, 3.05) is 0 Å². The summed E-state index contributed by atoms with van der Waals surface area (Å²) >= 11 is 0. The molecule has 2 aromatic rings. The number of hydrogen-bond donors (Lipinski definition) is 1. The van der Waals surface area contributed by atoms with Crippen LogP contribution >= 0.6 is 0 Å². The van der Waals surface area contributed by atoms with Crippen molar-refractivity contribution in [3.8, 4) is 0 Å². The van der Waals surface area contributed by atoms with Crippen LogP contribution in [0.2, 0.25) is 0 Å². The van der Waals surface area contributed by atoms with E-state index in [1.165, 1.54) is 36.1 Å². The maximum absolute atomic E-state index is 13.7. The summed E-state index contributed by atoms with van der Waals surface area (Å²) in [4.78, 5) is 0. The van der Waals surface area contributed by atoms with Crippen molar-refractivity contribution in [2.24, 2.45) is 0 Å². The van der Waals surface area contributed by atoms with Gasteiger partial charge >= 0.3 is 0 Å². The molecule has 5 heteroatoms. The molecule has 3 nitrogen and oxygen atoms in total. The van der Waals surface area contributed by atoms with Gasteiger partial charge in [0, 0.05) is 11.6 Å². The van der Waals surface area contributed by atoms with Gasteiger partial charge in [-0.15, -0.1) is 0 Å². The van der Waals surface area contributed by atoms with E-state index < -0.39 is 15.8 Å². The molecular formula is C19H22FNO2S. The second kappa shape index (κ2) is 7.03. The van der Waals surface area contributed by atoms with Crippen molar-refractivity contribution in [1.82, 2.24) is 4.72 Å². The highest BCUT2D eigenvalue weighted by Gasteiger charge is 2.19. The van der Waals surface area contributed by atoms with Gasteiger partial charge in [-0.25, -0.2) is 17.5 Å². The molecule has 0 spiro atoms. The minimum atomic E-state index is -3.62. The van der Waals surface area contributed by atoms with Gasteiger partial charge in [0.05, 0.1) is 5.75 Å². The van der Waals surface area contributed by atoms with Gasteiger partial charge in [0.15, 0.2) is 0 Å². The van der Waals surface area contributed by atoms with Crippen molar-refractivity contribution < 1.29 is 12.8 Å². The fourth-order valence-electron chi connectivity index (χ4n) is 3.22. The predicted molar refractivity (Wildman–Crippen MR) is 93.7 cm³/mol. The van der Waals surface area contributed by atoms with E-state index >= 15 is 0 Å². The predicted octanol–water partition coefficient (Wildman–Crippen LogP) is 3.89. The van der Waals surface area contributed by atoms with Gasteiger partial charge in [-0.3, -0.25) is 0 Å². The molecule has 0 heterocycles. The molecule has 1 N–H and O–H groups in total. The second-order valence-corrected chi connectivity index (χ2v) is 8.18. The maximum Gasteiger partial charge on any atom is 0.216 e. The maximum atomic E-state index is 13.7. The summed E-state index contributed by atoms with van der Waals surface area (Å²) in [5.74, 6) is -0.848. The molecule has 3 rings (SSSR count). The summed E-state index contributed by atoms with van der Waals surface area (Å²) < 4.78 is 41.0. The zero-order valence-electron chi connectivity index (χ0n) is 13.8. The zero-order chi connectivity index (χ0) is 17.2. The Bertz CT molecular complexity index is 833. The Labute approximate surface area is 143 Å². The number of halogens is 1. The average molecular weight is 347 g/mol. The average Bonchev–Trinajstić information content (AvgIpc) is 2.56. The molecule has 0 unspecified atom stereocenters. The van der Waals surface area contributed by atoms with Crippen molar-refractivity contribution in [3.05, 3.63) is 70.5 Å². The number of nitrogens with one attached hydrogen (secondary N) is 1. The third kappa shape index (κ3) is 4.02. The lowest BCUT2D eigenvalue weighted by molar-refractivity contribution is 0.561. The zero-order valence-corrected chi connectivity index (χ0v) is 14.6. The molecule has 0 amide bonds. The van der Waals surface area contributed by atoms with Crippen LogP contribution in [0.25, 0.3) is 0 Å². The Morgan fingerprint density at radius 1 is 1.08 bits per heavy atom. The van der Waals surface area contributed by atoms with Crippen molar-refractivity contribution in [2.45, 2.75) is 44.4 Å². The molecule has 0 radical (unpaired) electrons. The molecule has 0 fully saturated rings. The topological polar surface area (TPSA) is 46.2 Å². The smallest absolute Gasteiger partial charge is 0.212 e. The Morgan fingerprint density at radius 3 is 2.54 bits per heavy atom. The second-order valence-electron chi connectivity index (χ2n) is 6.43. The third-order valence-electron chi connectivity index (χ3n) is 4.53. The molecule has 0 aromatic heterocycles. The van der Waals surface area contributed by atoms with Crippen LogP contribution < -0.4 is 4.72 Å². The fourth-order valence-corrected chi connectivity index (χ4v) is 4.62. The van der Waals surface area contributed by atoms with E-state index in [1.807, 2.05) is 13.0 Å². The van der Waals surface area contributed by atoms with Crippen LogP contribution in [-0.2, 0) is 28.6 Å². The highest BCUT2D eigenvalue weighted by atomic mass is 32.2. The van der Waals surface area contributed by atoms with Gasteiger partial charge in [0.25, 0.3) is 0 Å². The largest absolute Gasteiger partial charge is 0.216 e. The summed E-state index contributed by atoms with van der Waals surface area (Å²) in [6.07, 6.45) is 4.56. The van der Waals surface area contributed by atoms with Crippen molar-refractivity contribution in [1.29, 1.82) is 0 Å². The summed E-state index contributed by atoms with van der Waals surface area (Å²) in [5.41, 5.74) is 3.82. The van der Waals surface area contributed by atoms with Crippen LogP contribution in [0.15, 0.2) is 42.5 Å². The molecule has 2 aromatic carbocycles. The molecule has 128 valence electrons. The van der Waals surface area contributed by atoms with E-state index in [-0.39, 0.29) is 17.4 Å². The monoisotopic (exact) mass is 347 g/mol. The summed E-state index contributed by atoms with van der Waals surface area (Å²) in [5, 5.41) is 0. The van der Waals surface area contributed by atoms with Crippen LogP contribution in [0.3, 0.4) is 0 Å². The van der Waals surface area contributed by atoms with Gasteiger partial charge in [-0.2, -0.15) is 0 Å². The Balaban J connectivity index is 1.74. The minimum absolute atomic E-state index is 0.183. The molecule has 1 aliphatic rings. The lowest BCUT2D eigenvalue weighted by Gasteiger charge is -2.20. The number of fused-ring (bicyclic) bond motifs is 1. The third-order valence-corrected chi connectivity index (χ3v) is 5.94. The molecule has 1 aliphatic carbocycles. The Morgan fingerprint density at radius 2 is 1.79 bits per heavy atom. The lowest BCUT2D eigenvalue weighted by atomic mass is 9.89. The highest BCUT2D eigenvalue weighted by Crippen LogP contribution is 2.25. The van der Waals surface area contributed by atoms with Crippen LogP contribution in [0.4, 0.5) is 4.39 Å². The number of hydrogen-bond acceptors (Lipinski definition) is 2.